The Balaban J connectivity index is 0.00000192. The molecule has 2 fully saturated rings. The van der Waals surface area contributed by atoms with Gasteiger partial charge in [-0.3, -0.25) is 19.8 Å². The number of rotatable bonds is 4. The quantitative estimate of drug-likeness (QED) is 0.670. The number of carboxylic acid groups (broad SMARTS) is 1. The molecule has 0 spiro atoms. The summed E-state index contributed by atoms with van der Waals surface area (Å²) in [6.07, 6.45) is 2.42. The monoisotopic (exact) mass is 344 g/mol. The molecule has 3 rings (SSSR count). The highest BCUT2D eigenvalue weighted by atomic mass is 35.5. The molecule has 2 aliphatic rings. The summed E-state index contributed by atoms with van der Waals surface area (Å²) in [4.78, 5) is 24.1. The first-order chi connectivity index (χ1) is 10.4. The topological polar surface area (TPSA) is 83.7 Å². The Morgan fingerprint density at radius 1 is 1.52 bits per heavy atom. The average molecular weight is 345 g/mol. The minimum atomic E-state index is -0.786. The van der Waals surface area contributed by atoms with Gasteiger partial charge < -0.3 is 5.11 Å². The summed E-state index contributed by atoms with van der Waals surface area (Å²) in [5.41, 5.74) is -0.560. The van der Waals surface area contributed by atoms with Crippen molar-refractivity contribution in [1.82, 2.24) is 4.90 Å². The number of hydrogen-bond donors (Lipinski definition) is 1. The molecule has 0 unspecified atom stereocenters. The van der Waals surface area contributed by atoms with Crippen molar-refractivity contribution in [2.75, 3.05) is 13.1 Å². The molecule has 23 heavy (non-hydrogen) atoms. The number of benzene rings is 1. The van der Waals surface area contributed by atoms with Crippen molar-refractivity contribution in [3.63, 3.8) is 0 Å². The zero-order chi connectivity index (χ0) is 15.9. The van der Waals surface area contributed by atoms with E-state index in [0.29, 0.717) is 25.1 Å². The van der Waals surface area contributed by atoms with E-state index in [1.807, 2.05) is 4.90 Å². The molecule has 1 heterocycles. The fourth-order valence-electron chi connectivity index (χ4n) is 3.96. The number of hydrogen-bond acceptors (Lipinski definition) is 4. The van der Waals surface area contributed by atoms with Crippen LogP contribution in [0.25, 0.3) is 0 Å². The van der Waals surface area contributed by atoms with Crippen LogP contribution in [0.3, 0.4) is 0 Å². The second-order valence-electron chi connectivity index (χ2n) is 6.25. The lowest BCUT2D eigenvalue weighted by Gasteiger charge is -2.23. The van der Waals surface area contributed by atoms with E-state index in [1.165, 1.54) is 6.07 Å². The number of nitro benzene ring substituents is 1. The predicted octanol–water partition coefficient (Wildman–Crippen LogP) is 2.84. The van der Waals surface area contributed by atoms with Crippen molar-refractivity contribution in [3.8, 4) is 0 Å². The lowest BCUT2D eigenvalue weighted by atomic mass is 9.81. The minimum absolute atomic E-state index is 0. The molecule has 0 bridgehead atoms. The van der Waals surface area contributed by atoms with Crippen LogP contribution in [0.5, 0.6) is 0 Å². The first-order valence-corrected chi connectivity index (χ1v) is 7.31. The summed E-state index contributed by atoms with van der Waals surface area (Å²) in [6, 6.07) is 3.40. The molecule has 0 radical (unpaired) electrons. The Kier molecular flexibility index (Phi) is 4.91. The van der Waals surface area contributed by atoms with Crippen LogP contribution in [0.15, 0.2) is 18.2 Å². The van der Waals surface area contributed by atoms with E-state index in [0.717, 1.165) is 25.0 Å². The first-order valence-electron chi connectivity index (χ1n) is 7.31. The Morgan fingerprint density at radius 2 is 2.26 bits per heavy atom. The average Bonchev–Trinajstić information content (AvgIpc) is 2.95. The van der Waals surface area contributed by atoms with E-state index in [2.05, 4.69) is 0 Å². The molecule has 126 valence electrons. The van der Waals surface area contributed by atoms with Crippen LogP contribution < -0.4 is 0 Å². The van der Waals surface area contributed by atoms with Crippen molar-refractivity contribution < 1.29 is 19.2 Å². The summed E-state index contributed by atoms with van der Waals surface area (Å²) >= 11 is 0. The van der Waals surface area contributed by atoms with Gasteiger partial charge in [-0.25, -0.2) is 4.39 Å². The minimum Gasteiger partial charge on any atom is -0.481 e. The lowest BCUT2D eigenvalue weighted by Crippen LogP contribution is -2.35. The van der Waals surface area contributed by atoms with Crippen LogP contribution in [0.2, 0.25) is 0 Å². The zero-order valence-electron chi connectivity index (χ0n) is 12.4. The Morgan fingerprint density at radius 3 is 2.87 bits per heavy atom. The van der Waals surface area contributed by atoms with Gasteiger partial charge in [0, 0.05) is 31.3 Å². The molecule has 6 nitrogen and oxygen atoms in total. The van der Waals surface area contributed by atoms with Gasteiger partial charge in [0.05, 0.1) is 10.3 Å². The van der Waals surface area contributed by atoms with E-state index in [9.17, 15) is 24.4 Å². The number of nitro groups is 1. The Labute approximate surface area is 138 Å². The van der Waals surface area contributed by atoms with Gasteiger partial charge in [-0.2, -0.15) is 0 Å². The predicted molar refractivity (Wildman–Crippen MR) is 83.0 cm³/mol. The van der Waals surface area contributed by atoms with Gasteiger partial charge in [0.15, 0.2) is 0 Å². The molecule has 0 aromatic heterocycles. The number of carbonyl (C=O) groups is 1. The van der Waals surface area contributed by atoms with Crippen LogP contribution >= 0.6 is 12.4 Å². The summed E-state index contributed by atoms with van der Waals surface area (Å²) in [5.74, 6) is -1.23. The van der Waals surface area contributed by atoms with E-state index in [-0.39, 0.29) is 30.6 Å². The second kappa shape index (κ2) is 6.41. The Bertz CT molecular complexity index is 642. The number of likely N-dealkylation sites (tertiary alicyclic amines) is 1. The first kappa shape index (κ1) is 17.6. The van der Waals surface area contributed by atoms with Crippen molar-refractivity contribution in [1.29, 1.82) is 0 Å². The molecule has 1 aliphatic heterocycles. The summed E-state index contributed by atoms with van der Waals surface area (Å²) in [5, 5.41) is 20.6. The largest absolute Gasteiger partial charge is 0.481 e. The van der Waals surface area contributed by atoms with Crippen molar-refractivity contribution in [2.24, 2.45) is 11.3 Å². The third-order valence-electron chi connectivity index (χ3n) is 5.00. The van der Waals surface area contributed by atoms with E-state index in [1.54, 1.807) is 0 Å². The molecular formula is C15H18ClFN2O4. The van der Waals surface area contributed by atoms with Gasteiger partial charge in [0.2, 0.25) is 0 Å². The van der Waals surface area contributed by atoms with Gasteiger partial charge in [-0.05, 0) is 30.9 Å². The van der Waals surface area contributed by atoms with Gasteiger partial charge in [0.25, 0.3) is 5.69 Å². The normalized spacial score (nSPS) is 26.6. The summed E-state index contributed by atoms with van der Waals surface area (Å²) < 4.78 is 13.4. The van der Waals surface area contributed by atoms with Gasteiger partial charge in [-0.15, -0.1) is 12.4 Å². The van der Waals surface area contributed by atoms with E-state index in [4.69, 9.17) is 0 Å². The molecule has 1 aliphatic carbocycles. The van der Waals surface area contributed by atoms with Crippen molar-refractivity contribution >= 4 is 24.1 Å². The van der Waals surface area contributed by atoms with E-state index >= 15 is 0 Å². The molecule has 2 atom stereocenters. The highest BCUT2D eigenvalue weighted by molar-refractivity contribution is 5.85. The lowest BCUT2D eigenvalue weighted by molar-refractivity contribution is -0.385. The number of carboxylic acids is 1. The molecular weight excluding hydrogens is 327 g/mol. The molecule has 1 N–H and O–H groups in total. The highest BCUT2D eigenvalue weighted by Crippen LogP contribution is 2.49. The fourth-order valence-corrected chi connectivity index (χ4v) is 3.96. The van der Waals surface area contributed by atoms with Crippen LogP contribution in [0, 0.1) is 27.3 Å². The van der Waals surface area contributed by atoms with Crippen LogP contribution in [0.4, 0.5) is 10.1 Å². The van der Waals surface area contributed by atoms with Crippen molar-refractivity contribution in [3.05, 3.63) is 39.7 Å². The molecule has 1 aromatic rings. The molecule has 1 saturated carbocycles. The number of aliphatic carboxylic acids is 1. The molecule has 0 amide bonds. The summed E-state index contributed by atoms with van der Waals surface area (Å²) in [6.45, 7) is 1.18. The zero-order valence-corrected chi connectivity index (χ0v) is 13.2. The molecule has 1 aromatic carbocycles. The maximum Gasteiger partial charge on any atom is 0.311 e. The number of fused-ring (bicyclic) bond motifs is 1. The third kappa shape index (κ3) is 3.03. The smallest absolute Gasteiger partial charge is 0.311 e. The fraction of sp³-hybridized carbons (Fsp3) is 0.533. The summed E-state index contributed by atoms with van der Waals surface area (Å²) in [7, 11) is 0. The van der Waals surface area contributed by atoms with E-state index < -0.39 is 22.1 Å². The second-order valence-corrected chi connectivity index (χ2v) is 6.25. The number of nitrogens with zero attached hydrogens (tertiary/aromatic N) is 2. The van der Waals surface area contributed by atoms with Gasteiger partial charge in [0.1, 0.15) is 5.82 Å². The standard InChI is InChI=1S/C15H17FN2O4.ClH/c16-12-3-4-13(18(21)22)10(6-12)7-17-8-11-2-1-5-15(11,9-17)14(19)20;/h3-4,6,11H,1-2,5,7-9H2,(H,19,20);1H/t11-,15+;/m0./s1. The van der Waals surface area contributed by atoms with Crippen LogP contribution in [0.1, 0.15) is 24.8 Å². The highest BCUT2D eigenvalue weighted by Gasteiger charge is 2.54. The van der Waals surface area contributed by atoms with Crippen LogP contribution in [-0.2, 0) is 11.3 Å². The maximum atomic E-state index is 13.4. The van der Waals surface area contributed by atoms with Crippen LogP contribution in [-0.4, -0.2) is 34.0 Å². The Hall–Kier alpha value is -1.73. The number of halogens is 2. The SMILES string of the molecule is Cl.O=C(O)[C@@]12CCC[C@H]1CN(Cc1cc(F)ccc1[N+](=O)[O-])C2. The molecule has 1 saturated heterocycles. The molecule has 8 heteroatoms. The van der Waals surface area contributed by atoms with Gasteiger partial charge in [-0.1, -0.05) is 6.42 Å². The maximum absolute atomic E-state index is 13.4. The third-order valence-corrected chi connectivity index (χ3v) is 5.00. The van der Waals surface area contributed by atoms with Crippen molar-refractivity contribution in [2.45, 2.75) is 25.8 Å². The van der Waals surface area contributed by atoms with Gasteiger partial charge >= 0.3 is 5.97 Å².